The van der Waals surface area contributed by atoms with E-state index in [1.807, 2.05) is 25.1 Å². The number of amides is 2. The quantitative estimate of drug-likeness (QED) is 0.670. The van der Waals surface area contributed by atoms with Gasteiger partial charge in [-0.2, -0.15) is 0 Å². The molecule has 1 N–H and O–H groups in total. The van der Waals surface area contributed by atoms with Crippen LogP contribution in [0.1, 0.15) is 39.4 Å². The number of imide groups is 1. The summed E-state index contributed by atoms with van der Waals surface area (Å²) < 4.78 is 0. The number of carbonyl (C=O) groups excluding carboxylic acids is 2. The molecule has 0 spiro atoms. The standard InChI is InChI=1S/C23H21N5O2/c1-15-24-20(14-21(25-15)27-12-4-5-13-27)26-16-8-10-17(11-9-16)28-22(29)18-6-2-3-7-19(18)23(28)30/h2-3,6-11,14H,4-5,12-13H2,1H3,(H,24,25,26). The van der Waals surface area contributed by atoms with E-state index >= 15 is 0 Å². The lowest BCUT2D eigenvalue weighted by Crippen LogP contribution is -2.29. The Morgan fingerprint density at radius 1 is 0.867 bits per heavy atom. The fourth-order valence-corrected chi connectivity index (χ4v) is 3.99. The fraction of sp³-hybridized carbons (Fsp3) is 0.217. The minimum absolute atomic E-state index is 0.294. The van der Waals surface area contributed by atoms with Gasteiger partial charge in [-0.15, -0.1) is 0 Å². The van der Waals surface area contributed by atoms with Gasteiger partial charge >= 0.3 is 0 Å². The van der Waals surface area contributed by atoms with Gasteiger partial charge in [-0.1, -0.05) is 12.1 Å². The first-order valence-corrected chi connectivity index (χ1v) is 10.1. The van der Waals surface area contributed by atoms with Crippen molar-refractivity contribution in [2.75, 3.05) is 28.2 Å². The maximum Gasteiger partial charge on any atom is 0.266 e. The SMILES string of the molecule is Cc1nc(Nc2ccc(N3C(=O)c4ccccc4C3=O)cc2)cc(N2CCCC2)n1. The second-order valence-corrected chi connectivity index (χ2v) is 7.52. The van der Waals surface area contributed by atoms with E-state index in [1.165, 1.54) is 17.7 Å². The molecule has 2 aliphatic heterocycles. The van der Waals surface area contributed by atoms with Crippen LogP contribution in [0.3, 0.4) is 0 Å². The van der Waals surface area contributed by atoms with Crippen molar-refractivity contribution >= 4 is 34.8 Å². The predicted molar refractivity (Wildman–Crippen MR) is 116 cm³/mol. The molecule has 2 amide bonds. The molecule has 5 rings (SSSR count). The highest BCUT2D eigenvalue weighted by Crippen LogP contribution is 2.30. The van der Waals surface area contributed by atoms with Crippen molar-refractivity contribution in [2.24, 2.45) is 0 Å². The van der Waals surface area contributed by atoms with Crippen LogP contribution >= 0.6 is 0 Å². The zero-order chi connectivity index (χ0) is 20.7. The molecule has 150 valence electrons. The van der Waals surface area contributed by atoms with E-state index in [2.05, 4.69) is 20.2 Å². The van der Waals surface area contributed by atoms with Gasteiger partial charge in [-0.05, 0) is 56.2 Å². The second-order valence-electron chi connectivity index (χ2n) is 7.52. The number of hydrogen-bond donors (Lipinski definition) is 1. The van der Waals surface area contributed by atoms with Crippen LogP contribution < -0.4 is 15.1 Å². The van der Waals surface area contributed by atoms with Crippen LogP contribution in [0.15, 0.2) is 54.6 Å². The number of aryl methyl sites for hydroxylation is 1. The highest BCUT2D eigenvalue weighted by atomic mass is 16.2. The molecule has 0 unspecified atom stereocenters. The van der Waals surface area contributed by atoms with Gasteiger partial charge in [0, 0.05) is 24.8 Å². The molecular weight excluding hydrogens is 378 g/mol. The van der Waals surface area contributed by atoms with Gasteiger partial charge in [0.05, 0.1) is 16.8 Å². The molecule has 1 fully saturated rings. The lowest BCUT2D eigenvalue weighted by atomic mass is 10.1. The molecule has 3 heterocycles. The van der Waals surface area contributed by atoms with Crippen molar-refractivity contribution in [1.82, 2.24) is 9.97 Å². The summed E-state index contributed by atoms with van der Waals surface area (Å²) in [6.07, 6.45) is 2.37. The number of carbonyl (C=O) groups is 2. The molecule has 1 saturated heterocycles. The Hall–Kier alpha value is -3.74. The number of hydrogen-bond acceptors (Lipinski definition) is 6. The molecule has 0 radical (unpaired) electrons. The fourth-order valence-electron chi connectivity index (χ4n) is 3.99. The Labute approximate surface area is 174 Å². The summed E-state index contributed by atoms with van der Waals surface area (Å²) in [4.78, 5) is 37.8. The van der Waals surface area contributed by atoms with Gasteiger partial charge in [-0.25, -0.2) is 14.9 Å². The van der Waals surface area contributed by atoms with E-state index < -0.39 is 0 Å². The van der Waals surface area contributed by atoms with Crippen molar-refractivity contribution < 1.29 is 9.59 Å². The molecule has 7 nitrogen and oxygen atoms in total. The first-order chi connectivity index (χ1) is 14.6. The van der Waals surface area contributed by atoms with Crippen molar-refractivity contribution in [3.63, 3.8) is 0 Å². The maximum atomic E-state index is 12.7. The minimum atomic E-state index is -0.294. The zero-order valence-corrected chi connectivity index (χ0v) is 16.6. The Bertz CT molecular complexity index is 1100. The van der Waals surface area contributed by atoms with Gasteiger partial charge in [0.2, 0.25) is 0 Å². The van der Waals surface area contributed by atoms with Gasteiger partial charge < -0.3 is 10.2 Å². The lowest BCUT2D eigenvalue weighted by molar-refractivity contribution is 0.0926. The van der Waals surface area contributed by atoms with Crippen molar-refractivity contribution in [2.45, 2.75) is 19.8 Å². The normalized spacial score (nSPS) is 15.6. The van der Waals surface area contributed by atoms with Crippen LogP contribution in [0, 0.1) is 6.92 Å². The number of nitrogens with one attached hydrogen (secondary N) is 1. The number of aromatic nitrogens is 2. The highest BCUT2D eigenvalue weighted by molar-refractivity contribution is 6.34. The molecule has 0 aliphatic carbocycles. The molecule has 30 heavy (non-hydrogen) atoms. The summed E-state index contributed by atoms with van der Waals surface area (Å²) in [5, 5.41) is 3.30. The van der Waals surface area contributed by atoms with Crippen LogP contribution in [0.5, 0.6) is 0 Å². The molecule has 0 bridgehead atoms. The van der Waals surface area contributed by atoms with E-state index in [0.717, 1.165) is 30.4 Å². The summed E-state index contributed by atoms with van der Waals surface area (Å²) in [7, 11) is 0. The minimum Gasteiger partial charge on any atom is -0.356 e. The third kappa shape index (κ3) is 3.18. The first kappa shape index (κ1) is 18.3. The molecule has 2 aliphatic rings. The second kappa shape index (κ2) is 7.26. The van der Waals surface area contributed by atoms with Crippen molar-refractivity contribution in [3.8, 4) is 0 Å². The molecule has 0 atom stereocenters. The van der Waals surface area contributed by atoms with Gasteiger partial charge in [-0.3, -0.25) is 9.59 Å². The van der Waals surface area contributed by atoms with Gasteiger partial charge in [0.1, 0.15) is 17.5 Å². The topological polar surface area (TPSA) is 78.4 Å². The van der Waals surface area contributed by atoms with E-state index in [1.54, 1.807) is 36.4 Å². The maximum absolute atomic E-state index is 12.7. The van der Waals surface area contributed by atoms with Crippen LogP contribution in [-0.4, -0.2) is 34.9 Å². The Morgan fingerprint density at radius 2 is 1.50 bits per heavy atom. The third-order valence-electron chi connectivity index (χ3n) is 5.45. The predicted octanol–water partition coefficient (Wildman–Crippen LogP) is 3.93. The van der Waals surface area contributed by atoms with Crippen molar-refractivity contribution in [1.29, 1.82) is 0 Å². The monoisotopic (exact) mass is 399 g/mol. The van der Waals surface area contributed by atoms with E-state index in [4.69, 9.17) is 0 Å². The Balaban J connectivity index is 1.36. The Kier molecular flexibility index (Phi) is 4.43. The van der Waals surface area contributed by atoms with E-state index in [9.17, 15) is 9.59 Å². The molecule has 1 aromatic heterocycles. The van der Waals surface area contributed by atoms with E-state index in [0.29, 0.717) is 22.6 Å². The Morgan fingerprint density at radius 3 is 2.13 bits per heavy atom. The molecule has 3 aromatic rings. The number of benzene rings is 2. The number of anilines is 4. The van der Waals surface area contributed by atoms with E-state index in [-0.39, 0.29) is 11.8 Å². The van der Waals surface area contributed by atoms with Crippen LogP contribution in [0.25, 0.3) is 0 Å². The number of nitrogens with zero attached hydrogens (tertiary/aromatic N) is 4. The largest absolute Gasteiger partial charge is 0.356 e. The molecule has 2 aromatic carbocycles. The molecule has 0 saturated carbocycles. The smallest absolute Gasteiger partial charge is 0.266 e. The van der Waals surface area contributed by atoms with Crippen molar-refractivity contribution in [3.05, 3.63) is 71.5 Å². The van der Waals surface area contributed by atoms with Gasteiger partial charge in [0.15, 0.2) is 0 Å². The van der Waals surface area contributed by atoms with Crippen LogP contribution in [0.4, 0.5) is 23.0 Å². The molecular formula is C23H21N5O2. The summed E-state index contributed by atoms with van der Waals surface area (Å²) in [5.41, 5.74) is 2.25. The average Bonchev–Trinajstić information content (AvgIpc) is 3.37. The zero-order valence-electron chi connectivity index (χ0n) is 16.6. The average molecular weight is 399 g/mol. The summed E-state index contributed by atoms with van der Waals surface area (Å²) in [6.45, 7) is 3.92. The van der Waals surface area contributed by atoms with Gasteiger partial charge in [0.25, 0.3) is 11.8 Å². The lowest BCUT2D eigenvalue weighted by Gasteiger charge is -2.18. The number of rotatable bonds is 4. The summed E-state index contributed by atoms with van der Waals surface area (Å²) >= 11 is 0. The molecule has 7 heteroatoms. The summed E-state index contributed by atoms with van der Waals surface area (Å²) in [6, 6.07) is 16.1. The van der Waals surface area contributed by atoms with Crippen LogP contribution in [0.2, 0.25) is 0 Å². The first-order valence-electron chi connectivity index (χ1n) is 10.1. The van der Waals surface area contributed by atoms with Crippen LogP contribution in [-0.2, 0) is 0 Å². The number of fused-ring (bicyclic) bond motifs is 1. The highest BCUT2D eigenvalue weighted by Gasteiger charge is 2.36. The third-order valence-corrected chi connectivity index (χ3v) is 5.45. The summed E-state index contributed by atoms with van der Waals surface area (Å²) in [5.74, 6) is 1.78.